The number of amides is 2. The second kappa shape index (κ2) is 7.46. The maximum absolute atomic E-state index is 13.0. The van der Waals surface area contributed by atoms with Crippen LogP contribution in [0.15, 0.2) is 12.1 Å². The van der Waals surface area contributed by atoms with Crippen molar-refractivity contribution >= 4 is 11.8 Å². The van der Waals surface area contributed by atoms with Crippen LogP contribution in [0.3, 0.4) is 0 Å². The largest absolute Gasteiger partial charge is 0.496 e. The van der Waals surface area contributed by atoms with E-state index in [1.54, 1.807) is 7.11 Å². The zero-order valence-corrected chi connectivity index (χ0v) is 16.3. The Morgan fingerprint density at radius 3 is 2.16 bits per heavy atom. The van der Waals surface area contributed by atoms with E-state index in [0.717, 1.165) is 23.3 Å². The summed E-state index contributed by atoms with van der Waals surface area (Å²) < 4.78 is 5.33. The van der Waals surface area contributed by atoms with Gasteiger partial charge in [0.2, 0.25) is 5.91 Å². The molecule has 25 heavy (non-hydrogen) atoms. The van der Waals surface area contributed by atoms with Gasteiger partial charge in [0.1, 0.15) is 5.75 Å². The average molecular weight is 346 g/mol. The Morgan fingerprint density at radius 1 is 0.960 bits per heavy atom. The van der Waals surface area contributed by atoms with Crippen molar-refractivity contribution in [2.45, 2.75) is 41.0 Å². The van der Waals surface area contributed by atoms with Gasteiger partial charge in [0.15, 0.2) is 0 Å². The summed E-state index contributed by atoms with van der Waals surface area (Å²) in [7, 11) is 1.64. The number of hydrogen-bond donors (Lipinski definition) is 0. The molecule has 5 nitrogen and oxygen atoms in total. The van der Waals surface area contributed by atoms with Crippen molar-refractivity contribution < 1.29 is 14.3 Å². The van der Waals surface area contributed by atoms with Crippen LogP contribution in [-0.2, 0) is 4.79 Å². The van der Waals surface area contributed by atoms with Crippen molar-refractivity contribution in [2.24, 2.45) is 5.41 Å². The van der Waals surface area contributed by atoms with E-state index in [-0.39, 0.29) is 17.2 Å². The molecule has 1 aromatic rings. The summed E-state index contributed by atoms with van der Waals surface area (Å²) >= 11 is 0. The molecule has 1 fully saturated rings. The summed E-state index contributed by atoms with van der Waals surface area (Å²) in [6.07, 6.45) is 0.807. The molecule has 1 aliphatic rings. The fraction of sp³-hybridized carbons (Fsp3) is 0.600. The topological polar surface area (TPSA) is 49.9 Å². The zero-order valence-electron chi connectivity index (χ0n) is 16.3. The van der Waals surface area contributed by atoms with Crippen LogP contribution < -0.4 is 4.74 Å². The molecule has 138 valence electrons. The molecular weight excluding hydrogens is 316 g/mol. The Balaban J connectivity index is 2.14. The predicted molar refractivity (Wildman–Crippen MR) is 99.0 cm³/mol. The fourth-order valence-corrected chi connectivity index (χ4v) is 3.22. The molecule has 1 heterocycles. The van der Waals surface area contributed by atoms with Gasteiger partial charge in [-0.3, -0.25) is 9.59 Å². The van der Waals surface area contributed by atoms with Crippen LogP contribution in [0.25, 0.3) is 0 Å². The number of nitrogens with zero attached hydrogens (tertiary/aromatic N) is 2. The summed E-state index contributed by atoms with van der Waals surface area (Å²) in [6, 6.07) is 3.69. The van der Waals surface area contributed by atoms with Crippen molar-refractivity contribution in [3.05, 3.63) is 28.8 Å². The molecule has 0 radical (unpaired) electrons. The van der Waals surface area contributed by atoms with Gasteiger partial charge in [-0.25, -0.2) is 0 Å². The second-order valence-corrected chi connectivity index (χ2v) is 7.75. The van der Waals surface area contributed by atoms with Gasteiger partial charge in [-0.15, -0.1) is 0 Å². The molecule has 0 N–H and O–H groups in total. The smallest absolute Gasteiger partial charge is 0.254 e. The van der Waals surface area contributed by atoms with E-state index in [2.05, 4.69) is 0 Å². The molecule has 1 saturated heterocycles. The maximum atomic E-state index is 13.0. The molecule has 0 aromatic heterocycles. The van der Waals surface area contributed by atoms with Crippen molar-refractivity contribution in [1.29, 1.82) is 0 Å². The summed E-state index contributed by atoms with van der Waals surface area (Å²) in [4.78, 5) is 29.2. The van der Waals surface area contributed by atoms with Crippen molar-refractivity contribution in [3.8, 4) is 5.75 Å². The summed E-state index contributed by atoms with van der Waals surface area (Å²) in [5.41, 5.74) is 2.28. The van der Waals surface area contributed by atoms with E-state index in [4.69, 9.17) is 4.74 Å². The van der Waals surface area contributed by atoms with E-state index in [1.165, 1.54) is 0 Å². The van der Waals surface area contributed by atoms with Gasteiger partial charge in [-0.1, -0.05) is 20.8 Å². The highest BCUT2D eigenvalue weighted by molar-refractivity contribution is 5.96. The van der Waals surface area contributed by atoms with E-state index in [0.29, 0.717) is 31.7 Å². The second-order valence-electron chi connectivity index (χ2n) is 7.75. The highest BCUT2D eigenvalue weighted by Gasteiger charge is 2.30. The zero-order chi connectivity index (χ0) is 18.8. The first-order valence-electron chi connectivity index (χ1n) is 8.89. The van der Waals surface area contributed by atoms with Crippen LogP contribution in [0.1, 0.15) is 48.7 Å². The molecule has 0 unspecified atom stereocenters. The Morgan fingerprint density at radius 2 is 1.56 bits per heavy atom. The number of methoxy groups -OCH3 is 1. The molecule has 0 aliphatic carbocycles. The van der Waals surface area contributed by atoms with Crippen molar-refractivity contribution in [3.63, 3.8) is 0 Å². The van der Waals surface area contributed by atoms with Gasteiger partial charge in [-0.2, -0.15) is 0 Å². The van der Waals surface area contributed by atoms with Gasteiger partial charge in [0.05, 0.1) is 7.11 Å². The molecule has 0 saturated carbocycles. The first kappa shape index (κ1) is 19.3. The number of hydrogen-bond acceptors (Lipinski definition) is 3. The first-order valence-corrected chi connectivity index (χ1v) is 8.89. The Hall–Kier alpha value is -2.04. The number of benzene rings is 1. The molecule has 0 spiro atoms. The van der Waals surface area contributed by atoms with Crippen LogP contribution in [0, 0.1) is 19.3 Å². The van der Waals surface area contributed by atoms with E-state index in [9.17, 15) is 9.59 Å². The lowest BCUT2D eigenvalue weighted by atomic mass is 9.94. The number of carbonyl (C=O) groups is 2. The third kappa shape index (κ3) is 4.14. The highest BCUT2D eigenvalue weighted by Crippen LogP contribution is 2.25. The molecule has 0 atom stereocenters. The van der Waals surface area contributed by atoms with Gasteiger partial charge in [0.25, 0.3) is 5.91 Å². The van der Waals surface area contributed by atoms with Crippen LogP contribution in [0.2, 0.25) is 0 Å². The Kier molecular flexibility index (Phi) is 5.76. The van der Waals surface area contributed by atoms with Crippen LogP contribution in [-0.4, -0.2) is 54.9 Å². The minimum Gasteiger partial charge on any atom is -0.496 e. The van der Waals surface area contributed by atoms with E-state index >= 15 is 0 Å². The summed E-state index contributed by atoms with van der Waals surface area (Å²) in [5.74, 6) is 0.985. The predicted octanol–water partition coefficient (Wildman–Crippen LogP) is 3.03. The molecule has 0 bridgehead atoms. The monoisotopic (exact) mass is 346 g/mol. The molecule has 5 heteroatoms. The third-order valence-corrected chi connectivity index (χ3v) is 4.90. The van der Waals surface area contributed by atoms with Gasteiger partial charge in [-0.05, 0) is 43.5 Å². The van der Waals surface area contributed by atoms with Crippen molar-refractivity contribution in [2.75, 3.05) is 33.3 Å². The van der Waals surface area contributed by atoms with Crippen LogP contribution >= 0.6 is 0 Å². The lowest BCUT2D eigenvalue weighted by Gasteiger charge is -2.28. The minimum absolute atomic E-state index is 0.0355. The SMILES string of the molecule is COc1ccc(C(=O)N2CCCN(C(=O)C(C)(C)C)CC2)c(C)c1C. The summed E-state index contributed by atoms with van der Waals surface area (Å²) in [5, 5.41) is 0. The number of ether oxygens (including phenoxy) is 1. The standard InChI is InChI=1S/C20H30N2O3/c1-14-15(2)17(25-6)9-8-16(14)18(23)21-10-7-11-22(13-12-21)19(24)20(3,4)5/h8-9H,7,10-13H2,1-6H3. The molecule has 2 amide bonds. The summed E-state index contributed by atoms with van der Waals surface area (Å²) in [6.45, 7) is 12.3. The highest BCUT2D eigenvalue weighted by atomic mass is 16.5. The Bertz CT molecular complexity index is 662. The first-order chi connectivity index (χ1) is 11.7. The number of rotatable bonds is 2. The van der Waals surface area contributed by atoms with E-state index < -0.39 is 0 Å². The molecule has 2 rings (SSSR count). The van der Waals surface area contributed by atoms with Gasteiger partial charge >= 0.3 is 0 Å². The van der Waals surface area contributed by atoms with Gasteiger partial charge < -0.3 is 14.5 Å². The van der Waals surface area contributed by atoms with Crippen molar-refractivity contribution in [1.82, 2.24) is 9.80 Å². The van der Waals surface area contributed by atoms with Gasteiger partial charge in [0, 0.05) is 37.2 Å². The molecular formula is C20H30N2O3. The van der Waals surface area contributed by atoms with Crippen LogP contribution in [0.5, 0.6) is 5.75 Å². The molecule has 1 aliphatic heterocycles. The lowest BCUT2D eigenvalue weighted by molar-refractivity contribution is -0.139. The quantitative estimate of drug-likeness (QED) is 0.827. The van der Waals surface area contributed by atoms with E-state index in [1.807, 2.05) is 56.6 Å². The minimum atomic E-state index is -0.386. The lowest BCUT2D eigenvalue weighted by Crippen LogP contribution is -2.42. The fourth-order valence-electron chi connectivity index (χ4n) is 3.22. The average Bonchev–Trinajstić information content (AvgIpc) is 2.81. The molecule has 1 aromatic carbocycles. The normalized spacial score (nSPS) is 15.8. The third-order valence-electron chi connectivity index (χ3n) is 4.90. The van der Waals surface area contributed by atoms with Crippen LogP contribution in [0.4, 0.5) is 0 Å². The maximum Gasteiger partial charge on any atom is 0.254 e. The Labute approximate surface area is 150 Å². The number of carbonyl (C=O) groups excluding carboxylic acids is 2.